The number of halogens is 1. The summed E-state index contributed by atoms with van der Waals surface area (Å²) < 4.78 is 14.5. The molecule has 0 bridgehead atoms. The van der Waals surface area contributed by atoms with Crippen molar-refractivity contribution in [1.82, 2.24) is 9.55 Å². The van der Waals surface area contributed by atoms with Crippen LogP contribution in [0, 0.1) is 5.82 Å². The molecule has 0 saturated carbocycles. The van der Waals surface area contributed by atoms with Crippen molar-refractivity contribution in [3.05, 3.63) is 34.5 Å². The van der Waals surface area contributed by atoms with E-state index < -0.39 is 5.82 Å². The fraction of sp³-hybridized carbons (Fsp3) is 0.111. The standard InChI is InChI=1S/C9H8FN3O2/c1-13-7(14)3-2-6-8(13)9(15-11)5(10)4-12-6/h2-4H,11H2,1H3. The largest absolute Gasteiger partial charge is 0.406 e. The Kier molecular flexibility index (Phi) is 2.12. The van der Waals surface area contributed by atoms with E-state index in [9.17, 15) is 9.18 Å². The number of aryl methyl sites for hydroxylation is 1. The van der Waals surface area contributed by atoms with Crippen LogP contribution in [0.2, 0.25) is 0 Å². The second kappa shape index (κ2) is 3.32. The highest BCUT2D eigenvalue weighted by Gasteiger charge is 2.12. The van der Waals surface area contributed by atoms with Crippen LogP contribution in [0.1, 0.15) is 0 Å². The Morgan fingerprint density at radius 1 is 1.53 bits per heavy atom. The predicted octanol–water partition coefficient (Wildman–Crippen LogP) is 0.325. The van der Waals surface area contributed by atoms with Gasteiger partial charge >= 0.3 is 0 Å². The second-order valence-electron chi connectivity index (χ2n) is 3.02. The van der Waals surface area contributed by atoms with Gasteiger partial charge in [-0.1, -0.05) is 0 Å². The molecular formula is C9H8FN3O2. The summed E-state index contributed by atoms with van der Waals surface area (Å²) in [5.74, 6) is 4.07. The van der Waals surface area contributed by atoms with Crippen LogP contribution in [0.4, 0.5) is 4.39 Å². The number of hydrogen-bond acceptors (Lipinski definition) is 4. The molecule has 78 valence electrons. The first-order chi connectivity index (χ1) is 7.15. The molecule has 0 atom stereocenters. The third-order valence-electron chi connectivity index (χ3n) is 2.16. The number of nitrogens with zero attached hydrogens (tertiary/aromatic N) is 2. The molecule has 0 aromatic carbocycles. The molecule has 15 heavy (non-hydrogen) atoms. The fourth-order valence-corrected chi connectivity index (χ4v) is 1.41. The second-order valence-corrected chi connectivity index (χ2v) is 3.02. The fourth-order valence-electron chi connectivity index (χ4n) is 1.41. The highest BCUT2D eigenvalue weighted by atomic mass is 19.1. The van der Waals surface area contributed by atoms with Crippen LogP contribution in [0.15, 0.2) is 23.1 Å². The Labute approximate surface area is 83.9 Å². The average Bonchev–Trinajstić information content (AvgIpc) is 2.24. The van der Waals surface area contributed by atoms with E-state index in [-0.39, 0.29) is 16.8 Å². The van der Waals surface area contributed by atoms with Gasteiger partial charge in [0, 0.05) is 13.1 Å². The van der Waals surface area contributed by atoms with Gasteiger partial charge in [0.05, 0.1) is 11.7 Å². The monoisotopic (exact) mass is 209 g/mol. The van der Waals surface area contributed by atoms with Gasteiger partial charge in [-0.3, -0.25) is 9.78 Å². The third kappa shape index (κ3) is 1.35. The lowest BCUT2D eigenvalue weighted by atomic mass is 10.3. The topological polar surface area (TPSA) is 70.1 Å². The molecule has 0 unspecified atom stereocenters. The predicted molar refractivity (Wildman–Crippen MR) is 51.8 cm³/mol. The average molecular weight is 209 g/mol. The third-order valence-corrected chi connectivity index (χ3v) is 2.16. The first-order valence-corrected chi connectivity index (χ1v) is 4.16. The van der Waals surface area contributed by atoms with Gasteiger partial charge < -0.3 is 9.40 Å². The zero-order valence-corrected chi connectivity index (χ0v) is 7.90. The lowest BCUT2D eigenvalue weighted by Gasteiger charge is -2.08. The molecule has 6 heteroatoms. The van der Waals surface area contributed by atoms with E-state index in [1.165, 1.54) is 23.7 Å². The summed E-state index contributed by atoms with van der Waals surface area (Å²) in [6.45, 7) is 0. The molecule has 0 spiro atoms. The quantitative estimate of drug-likeness (QED) is 0.687. The Balaban J connectivity index is 3.01. The van der Waals surface area contributed by atoms with Gasteiger partial charge in [0.15, 0.2) is 5.82 Å². The van der Waals surface area contributed by atoms with Crippen LogP contribution in [0.25, 0.3) is 11.0 Å². The maximum absolute atomic E-state index is 13.2. The van der Waals surface area contributed by atoms with Gasteiger partial charge in [0.25, 0.3) is 5.56 Å². The van der Waals surface area contributed by atoms with Crippen LogP contribution >= 0.6 is 0 Å². The zero-order chi connectivity index (χ0) is 11.0. The molecule has 2 aromatic heterocycles. The van der Waals surface area contributed by atoms with Gasteiger partial charge in [-0.25, -0.2) is 4.39 Å². The highest BCUT2D eigenvalue weighted by molar-refractivity contribution is 5.81. The minimum atomic E-state index is -0.703. The maximum atomic E-state index is 13.2. The van der Waals surface area contributed by atoms with Gasteiger partial charge in [-0.2, -0.15) is 5.90 Å². The molecule has 2 rings (SSSR count). The minimum absolute atomic E-state index is 0.180. The molecule has 0 saturated heterocycles. The lowest BCUT2D eigenvalue weighted by molar-refractivity contribution is 0.318. The van der Waals surface area contributed by atoms with Gasteiger partial charge in [-0.05, 0) is 6.07 Å². The number of fused-ring (bicyclic) bond motifs is 1. The van der Waals surface area contributed by atoms with Crippen LogP contribution < -0.4 is 16.3 Å². The van der Waals surface area contributed by atoms with Crippen LogP contribution in [0.5, 0.6) is 5.75 Å². The van der Waals surface area contributed by atoms with E-state index in [1.54, 1.807) is 0 Å². The SMILES string of the molecule is Cn1c(=O)ccc2ncc(F)c(ON)c21. The molecule has 0 radical (unpaired) electrons. The van der Waals surface area contributed by atoms with Gasteiger partial charge in [0.1, 0.15) is 5.52 Å². The summed E-state index contributed by atoms with van der Waals surface area (Å²) in [6.07, 6.45) is 0.995. The Hall–Kier alpha value is -1.95. The molecule has 2 N–H and O–H groups in total. The Morgan fingerprint density at radius 3 is 2.93 bits per heavy atom. The lowest BCUT2D eigenvalue weighted by Crippen LogP contribution is -2.17. The van der Waals surface area contributed by atoms with Crippen molar-refractivity contribution in [3.8, 4) is 5.75 Å². The summed E-state index contributed by atoms with van der Waals surface area (Å²) in [4.78, 5) is 19.6. The molecule has 2 aromatic rings. The number of rotatable bonds is 1. The number of hydrogen-bond donors (Lipinski definition) is 1. The molecule has 0 fully saturated rings. The van der Waals surface area contributed by atoms with Crippen molar-refractivity contribution in [3.63, 3.8) is 0 Å². The number of aromatic nitrogens is 2. The van der Waals surface area contributed by atoms with Crippen molar-refractivity contribution < 1.29 is 9.23 Å². The van der Waals surface area contributed by atoms with E-state index in [0.29, 0.717) is 5.52 Å². The summed E-state index contributed by atoms with van der Waals surface area (Å²) in [5.41, 5.74) is 0.400. The number of nitrogens with two attached hydrogens (primary N) is 1. The molecular weight excluding hydrogens is 201 g/mol. The summed E-state index contributed by atoms with van der Waals surface area (Å²) in [7, 11) is 1.49. The van der Waals surface area contributed by atoms with Crippen molar-refractivity contribution in [2.45, 2.75) is 0 Å². The first kappa shape index (κ1) is 9.60. The minimum Gasteiger partial charge on any atom is -0.406 e. The van der Waals surface area contributed by atoms with Crippen LogP contribution in [0.3, 0.4) is 0 Å². The van der Waals surface area contributed by atoms with E-state index in [4.69, 9.17) is 5.90 Å². The first-order valence-electron chi connectivity index (χ1n) is 4.16. The highest BCUT2D eigenvalue weighted by Crippen LogP contribution is 2.24. The van der Waals surface area contributed by atoms with E-state index in [1.807, 2.05) is 0 Å². The van der Waals surface area contributed by atoms with Crippen LogP contribution in [-0.2, 0) is 7.05 Å². The smallest absolute Gasteiger partial charge is 0.250 e. The van der Waals surface area contributed by atoms with Crippen LogP contribution in [-0.4, -0.2) is 9.55 Å². The Morgan fingerprint density at radius 2 is 2.27 bits per heavy atom. The molecule has 0 amide bonds. The van der Waals surface area contributed by atoms with Crippen molar-refractivity contribution in [2.24, 2.45) is 12.9 Å². The molecule has 0 aliphatic rings. The zero-order valence-electron chi connectivity index (χ0n) is 7.90. The maximum Gasteiger partial charge on any atom is 0.250 e. The van der Waals surface area contributed by atoms with Crippen molar-refractivity contribution in [1.29, 1.82) is 0 Å². The van der Waals surface area contributed by atoms with E-state index >= 15 is 0 Å². The van der Waals surface area contributed by atoms with E-state index in [2.05, 4.69) is 9.82 Å². The van der Waals surface area contributed by atoms with Gasteiger partial charge in [-0.15, -0.1) is 0 Å². The summed E-state index contributed by atoms with van der Waals surface area (Å²) in [6, 6.07) is 2.83. The van der Waals surface area contributed by atoms with E-state index in [0.717, 1.165) is 6.20 Å². The van der Waals surface area contributed by atoms with Gasteiger partial charge in [0.2, 0.25) is 5.75 Å². The van der Waals surface area contributed by atoms with Crippen molar-refractivity contribution >= 4 is 11.0 Å². The van der Waals surface area contributed by atoms with Crippen molar-refractivity contribution in [2.75, 3.05) is 0 Å². The molecule has 2 heterocycles. The normalized spacial score (nSPS) is 10.6. The summed E-state index contributed by atoms with van der Waals surface area (Å²) in [5, 5.41) is 0. The number of pyridine rings is 2. The Bertz CT molecular complexity index is 579. The molecule has 5 nitrogen and oxygen atoms in total. The summed E-state index contributed by atoms with van der Waals surface area (Å²) >= 11 is 0. The molecule has 0 aliphatic carbocycles. The molecule has 0 aliphatic heterocycles.